The Balaban J connectivity index is 1.70. The number of hydrogen-bond acceptors (Lipinski definition) is 3. The smallest absolute Gasteiger partial charge is 0.277 e. The van der Waals surface area contributed by atoms with Crippen LogP contribution >= 0.6 is 0 Å². The second-order valence-corrected chi connectivity index (χ2v) is 6.79. The van der Waals surface area contributed by atoms with Crippen molar-refractivity contribution in [1.82, 2.24) is 9.55 Å². The van der Waals surface area contributed by atoms with Gasteiger partial charge in [0.15, 0.2) is 0 Å². The summed E-state index contributed by atoms with van der Waals surface area (Å²) >= 11 is 0. The molecular weight excluding hydrogens is 310 g/mol. The van der Waals surface area contributed by atoms with Gasteiger partial charge >= 0.3 is 0 Å². The Morgan fingerprint density at radius 3 is 2.40 bits per heavy atom. The van der Waals surface area contributed by atoms with Crippen molar-refractivity contribution in [3.05, 3.63) is 70.3 Å². The summed E-state index contributed by atoms with van der Waals surface area (Å²) in [6.07, 6.45) is 12.9. The van der Waals surface area contributed by atoms with Gasteiger partial charge in [0.25, 0.3) is 5.56 Å². The van der Waals surface area contributed by atoms with E-state index in [4.69, 9.17) is 0 Å². The highest BCUT2D eigenvalue weighted by Crippen LogP contribution is 2.26. The first-order chi connectivity index (χ1) is 12.3. The molecule has 2 saturated carbocycles. The quantitative estimate of drug-likeness (QED) is 0.820. The highest BCUT2D eigenvalue weighted by Gasteiger charge is 2.14. The van der Waals surface area contributed by atoms with E-state index in [9.17, 15) is 4.79 Å². The number of rotatable bonds is 5. The summed E-state index contributed by atoms with van der Waals surface area (Å²) in [6.45, 7) is 0.581. The molecule has 0 bridgehead atoms. The average molecular weight is 333 g/mol. The zero-order chi connectivity index (χ0) is 17.1. The van der Waals surface area contributed by atoms with Gasteiger partial charge in [-0.05, 0) is 38.5 Å². The number of hydrogen-bond donors (Lipinski definition) is 1. The van der Waals surface area contributed by atoms with Gasteiger partial charge in [-0.25, -0.2) is 4.98 Å². The van der Waals surface area contributed by atoms with Crippen LogP contribution in [0.2, 0.25) is 0 Å². The van der Waals surface area contributed by atoms with Gasteiger partial charge in [0.1, 0.15) is 11.5 Å². The van der Waals surface area contributed by atoms with Crippen LogP contribution in [-0.4, -0.2) is 9.55 Å². The highest BCUT2D eigenvalue weighted by atomic mass is 16.1. The molecule has 0 amide bonds. The van der Waals surface area contributed by atoms with Crippen molar-refractivity contribution < 1.29 is 0 Å². The van der Waals surface area contributed by atoms with Gasteiger partial charge in [-0.1, -0.05) is 47.6 Å². The van der Waals surface area contributed by atoms with E-state index >= 15 is 0 Å². The number of anilines is 1. The van der Waals surface area contributed by atoms with Crippen LogP contribution < -0.4 is 10.9 Å². The molecule has 1 heterocycles. The van der Waals surface area contributed by atoms with Gasteiger partial charge in [-0.15, -0.1) is 0 Å². The van der Waals surface area contributed by atoms with Gasteiger partial charge in [-0.2, -0.15) is 0 Å². The molecular formula is C21H23N3O. The molecule has 4 nitrogen and oxygen atoms in total. The lowest BCUT2D eigenvalue weighted by Gasteiger charge is -2.18. The molecule has 4 heteroatoms. The van der Waals surface area contributed by atoms with Crippen LogP contribution in [0, 0.1) is 0 Å². The first-order valence-corrected chi connectivity index (χ1v) is 9.09. The van der Waals surface area contributed by atoms with Crippen LogP contribution in [0.25, 0.3) is 11.4 Å². The monoisotopic (exact) mass is 333 g/mol. The van der Waals surface area contributed by atoms with Crippen LogP contribution in [0.15, 0.2) is 64.7 Å². The molecule has 128 valence electrons. The standard InChI is InChI=1S/C21H23N3O/c25-21-19(22-14-17-8-5-9-17)15-23-20(18-10-2-1-3-11-18)24(21)13-12-16-6-4-7-16/h1-3,10-12,14-15,22H,4-9,13H2. The van der Waals surface area contributed by atoms with Gasteiger partial charge in [0, 0.05) is 18.3 Å². The zero-order valence-electron chi connectivity index (χ0n) is 14.4. The second kappa shape index (κ2) is 7.09. The molecule has 0 atom stereocenters. The molecule has 1 aromatic heterocycles. The molecule has 1 N–H and O–H groups in total. The van der Waals surface area contributed by atoms with Crippen molar-refractivity contribution >= 4 is 5.69 Å². The summed E-state index contributed by atoms with van der Waals surface area (Å²) < 4.78 is 1.78. The van der Waals surface area contributed by atoms with E-state index in [0.717, 1.165) is 37.1 Å². The maximum atomic E-state index is 13.0. The van der Waals surface area contributed by atoms with Crippen molar-refractivity contribution in [2.24, 2.45) is 0 Å². The van der Waals surface area contributed by atoms with E-state index in [2.05, 4.69) is 16.4 Å². The van der Waals surface area contributed by atoms with Crippen molar-refractivity contribution in [1.29, 1.82) is 0 Å². The van der Waals surface area contributed by atoms with Crippen molar-refractivity contribution in [3.8, 4) is 11.4 Å². The Bertz CT molecular complexity index is 866. The molecule has 4 rings (SSSR count). The third kappa shape index (κ3) is 3.43. The summed E-state index contributed by atoms with van der Waals surface area (Å²) in [5, 5.41) is 3.17. The topological polar surface area (TPSA) is 46.9 Å². The fraction of sp³-hybridized carbons (Fsp3) is 0.333. The van der Waals surface area contributed by atoms with Crippen molar-refractivity contribution in [3.63, 3.8) is 0 Å². The number of nitrogens with zero attached hydrogens (tertiary/aromatic N) is 2. The Morgan fingerprint density at radius 2 is 1.76 bits per heavy atom. The predicted octanol–water partition coefficient (Wildman–Crippen LogP) is 4.50. The van der Waals surface area contributed by atoms with Crippen LogP contribution in [-0.2, 0) is 6.54 Å². The Labute approximate surface area is 147 Å². The highest BCUT2D eigenvalue weighted by molar-refractivity contribution is 5.57. The maximum Gasteiger partial charge on any atom is 0.277 e. The van der Waals surface area contributed by atoms with E-state index in [1.165, 1.54) is 24.0 Å². The third-order valence-electron chi connectivity index (χ3n) is 5.07. The number of aromatic nitrogens is 2. The van der Waals surface area contributed by atoms with Crippen LogP contribution in [0.5, 0.6) is 0 Å². The lowest BCUT2D eigenvalue weighted by atomic mass is 9.92. The van der Waals surface area contributed by atoms with Crippen LogP contribution in [0.4, 0.5) is 5.69 Å². The van der Waals surface area contributed by atoms with Crippen LogP contribution in [0.1, 0.15) is 38.5 Å². The molecule has 0 spiro atoms. The van der Waals surface area contributed by atoms with Crippen molar-refractivity contribution in [2.75, 3.05) is 5.32 Å². The first kappa shape index (κ1) is 15.9. The van der Waals surface area contributed by atoms with E-state index in [-0.39, 0.29) is 5.56 Å². The molecule has 0 saturated heterocycles. The number of allylic oxidation sites excluding steroid dienone is 3. The molecule has 2 aliphatic carbocycles. The molecule has 2 aliphatic rings. The van der Waals surface area contributed by atoms with E-state index < -0.39 is 0 Å². The second-order valence-electron chi connectivity index (χ2n) is 6.79. The Morgan fingerprint density at radius 1 is 1.04 bits per heavy atom. The lowest BCUT2D eigenvalue weighted by molar-refractivity contribution is 0.645. The lowest BCUT2D eigenvalue weighted by Crippen LogP contribution is -2.25. The van der Waals surface area contributed by atoms with E-state index in [1.54, 1.807) is 10.8 Å². The third-order valence-corrected chi connectivity index (χ3v) is 5.07. The van der Waals surface area contributed by atoms with Gasteiger partial charge in [0.2, 0.25) is 0 Å². The largest absolute Gasteiger partial charge is 0.356 e. The predicted molar refractivity (Wildman–Crippen MR) is 101 cm³/mol. The van der Waals surface area contributed by atoms with E-state index in [1.807, 2.05) is 36.5 Å². The summed E-state index contributed by atoms with van der Waals surface area (Å²) in [4.78, 5) is 17.6. The normalized spacial score (nSPS) is 16.0. The SMILES string of the molecule is O=c1c(NC=C2CCC2)cnc(-c2ccccc2)n1CC=C1CCC1. The summed E-state index contributed by atoms with van der Waals surface area (Å²) in [6, 6.07) is 9.92. The molecule has 2 fully saturated rings. The van der Waals surface area contributed by atoms with Gasteiger partial charge in [0.05, 0.1) is 6.20 Å². The molecule has 2 aromatic rings. The average Bonchev–Trinajstić information content (AvgIpc) is 2.55. The number of nitrogens with one attached hydrogen (secondary N) is 1. The minimum absolute atomic E-state index is 0.0128. The molecule has 0 aliphatic heterocycles. The molecule has 0 radical (unpaired) electrons. The van der Waals surface area contributed by atoms with Crippen LogP contribution in [0.3, 0.4) is 0 Å². The summed E-state index contributed by atoms with van der Waals surface area (Å²) in [7, 11) is 0. The first-order valence-electron chi connectivity index (χ1n) is 9.09. The van der Waals surface area contributed by atoms with Gasteiger partial charge in [-0.3, -0.25) is 9.36 Å². The van der Waals surface area contributed by atoms with Gasteiger partial charge < -0.3 is 5.32 Å². The minimum Gasteiger partial charge on any atom is -0.356 e. The fourth-order valence-corrected chi connectivity index (χ4v) is 3.09. The summed E-state index contributed by atoms with van der Waals surface area (Å²) in [5.41, 5.74) is 4.32. The maximum absolute atomic E-state index is 13.0. The number of benzene rings is 1. The molecule has 0 unspecified atom stereocenters. The molecule has 1 aromatic carbocycles. The minimum atomic E-state index is -0.0128. The Kier molecular flexibility index (Phi) is 4.51. The zero-order valence-corrected chi connectivity index (χ0v) is 14.4. The molecule has 25 heavy (non-hydrogen) atoms. The van der Waals surface area contributed by atoms with E-state index in [0.29, 0.717) is 12.2 Å². The fourth-order valence-electron chi connectivity index (χ4n) is 3.09. The summed E-state index contributed by atoms with van der Waals surface area (Å²) in [5.74, 6) is 0.726. The van der Waals surface area contributed by atoms with Crippen molar-refractivity contribution in [2.45, 2.75) is 45.1 Å². The Hall–Kier alpha value is -2.62.